The van der Waals surface area contributed by atoms with Crippen molar-refractivity contribution in [3.63, 3.8) is 0 Å². The maximum Gasteiger partial charge on any atom is 0.319 e. The molecule has 0 spiro atoms. The third-order valence-electron chi connectivity index (χ3n) is 5.70. The highest BCUT2D eigenvalue weighted by Crippen LogP contribution is 2.20. The fraction of sp³-hybridized carbons (Fsp3) is 0.185. The fourth-order valence-corrected chi connectivity index (χ4v) is 3.66. The van der Waals surface area contributed by atoms with Crippen LogP contribution in [0.1, 0.15) is 37.9 Å². The first kappa shape index (κ1) is 26.8. The van der Waals surface area contributed by atoms with E-state index < -0.39 is 11.9 Å². The molecule has 2 aromatic carbocycles. The molecule has 0 saturated heterocycles. The molecule has 39 heavy (non-hydrogen) atoms. The molecule has 0 bridgehead atoms. The number of nitrogens with two attached hydrogens (primary N) is 1. The van der Waals surface area contributed by atoms with E-state index in [9.17, 15) is 14.4 Å². The number of amides is 4. The number of carbonyl (C=O) groups is 3. The number of aromatic nitrogens is 3. The molecule has 0 aliphatic carbocycles. The summed E-state index contributed by atoms with van der Waals surface area (Å²) in [7, 11) is 0. The number of urea groups is 1. The summed E-state index contributed by atoms with van der Waals surface area (Å²) in [6.45, 7) is 4.06. The van der Waals surface area contributed by atoms with E-state index in [1.165, 1.54) is 6.20 Å². The van der Waals surface area contributed by atoms with Gasteiger partial charge in [-0.05, 0) is 31.5 Å². The molecule has 12 nitrogen and oxygen atoms in total. The van der Waals surface area contributed by atoms with Crippen molar-refractivity contribution in [3.05, 3.63) is 89.1 Å². The number of aryl methyl sites for hydroxylation is 2. The molecular formula is C27H28N8O4. The van der Waals surface area contributed by atoms with Gasteiger partial charge in [0.1, 0.15) is 11.4 Å². The fourth-order valence-electron chi connectivity index (χ4n) is 3.66. The Morgan fingerprint density at radius 2 is 1.69 bits per heavy atom. The van der Waals surface area contributed by atoms with Gasteiger partial charge in [0.15, 0.2) is 17.3 Å². The third-order valence-corrected chi connectivity index (χ3v) is 5.70. The summed E-state index contributed by atoms with van der Waals surface area (Å²) >= 11 is 0. The maximum atomic E-state index is 12.7. The summed E-state index contributed by atoms with van der Waals surface area (Å²) in [5.74, 6) is -0.347. The number of carbonyl (C=O) groups excluding carboxylic acids is 3. The Bertz CT molecular complexity index is 1470. The van der Waals surface area contributed by atoms with Crippen molar-refractivity contribution in [3.8, 4) is 11.3 Å². The van der Waals surface area contributed by atoms with Gasteiger partial charge in [-0.15, -0.1) is 0 Å². The number of nitrogen functional groups attached to an aromatic ring is 1. The highest BCUT2D eigenvalue weighted by molar-refractivity contribution is 5.97. The van der Waals surface area contributed by atoms with Crippen LogP contribution >= 0.6 is 0 Å². The van der Waals surface area contributed by atoms with Crippen LogP contribution in [0, 0.1) is 13.8 Å². The van der Waals surface area contributed by atoms with Crippen molar-refractivity contribution in [2.24, 2.45) is 0 Å². The number of hydrogen-bond acceptors (Lipinski definition) is 8. The Kier molecular flexibility index (Phi) is 8.46. The molecular weight excluding hydrogens is 500 g/mol. The minimum absolute atomic E-state index is 0.0443. The predicted octanol–water partition coefficient (Wildman–Crippen LogP) is 2.81. The topological polar surface area (TPSA) is 177 Å². The lowest BCUT2D eigenvalue weighted by atomic mass is 10.1. The summed E-state index contributed by atoms with van der Waals surface area (Å²) in [4.78, 5) is 46.0. The molecule has 0 aliphatic heterocycles. The van der Waals surface area contributed by atoms with Gasteiger partial charge in [0, 0.05) is 30.8 Å². The van der Waals surface area contributed by atoms with Crippen LogP contribution < -0.4 is 27.0 Å². The van der Waals surface area contributed by atoms with Gasteiger partial charge in [0.05, 0.1) is 11.9 Å². The van der Waals surface area contributed by atoms with Crippen LogP contribution in [0.4, 0.5) is 16.3 Å². The molecule has 12 heteroatoms. The summed E-state index contributed by atoms with van der Waals surface area (Å²) in [5.41, 5.74) is 9.30. The van der Waals surface area contributed by atoms with E-state index in [-0.39, 0.29) is 30.5 Å². The number of rotatable bonds is 9. The average Bonchev–Trinajstić information content (AvgIpc) is 3.26. The van der Waals surface area contributed by atoms with Crippen LogP contribution in [-0.2, 0) is 6.54 Å². The molecule has 0 atom stereocenters. The van der Waals surface area contributed by atoms with Crippen LogP contribution in [0.3, 0.4) is 0 Å². The molecule has 0 unspecified atom stereocenters. The van der Waals surface area contributed by atoms with Crippen LogP contribution in [0.15, 0.2) is 65.3 Å². The van der Waals surface area contributed by atoms with Crippen LogP contribution in [0.5, 0.6) is 0 Å². The van der Waals surface area contributed by atoms with Gasteiger partial charge in [0.25, 0.3) is 11.8 Å². The van der Waals surface area contributed by atoms with Crippen molar-refractivity contribution in [2.45, 2.75) is 20.4 Å². The van der Waals surface area contributed by atoms with Crippen LogP contribution in [-0.4, -0.2) is 46.1 Å². The van der Waals surface area contributed by atoms with E-state index in [0.29, 0.717) is 40.5 Å². The van der Waals surface area contributed by atoms with Crippen LogP contribution in [0.25, 0.3) is 11.3 Å². The molecule has 2 heterocycles. The third kappa shape index (κ3) is 6.95. The molecule has 4 amide bonds. The second kappa shape index (κ2) is 12.3. The van der Waals surface area contributed by atoms with Gasteiger partial charge in [0.2, 0.25) is 0 Å². The second-order valence-electron chi connectivity index (χ2n) is 8.57. The molecule has 0 fully saturated rings. The summed E-state index contributed by atoms with van der Waals surface area (Å²) in [6.07, 6.45) is 1.44. The standard InChI is InChI=1S/C27H28N8O4/c1-16-22(17(2)39-35-16)34-27(38)30-12-11-29-26(37)23-24(28)31-15-21(33-23)19-9-6-10-20(13-19)25(36)32-14-18-7-4-3-5-8-18/h3-10,13,15H,11-12,14H2,1-2H3,(H2,28,31)(H,29,37)(H,32,36)(H2,30,34,38). The number of nitrogens with zero attached hydrogens (tertiary/aromatic N) is 3. The van der Waals surface area contributed by atoms with Crippen molar-refractivity contribution >= 4 is 29.4 Å². The zero-order chi connectivity index (χ0) is 27.8. The van der Waals surface area contributed by atoms with E-state index in [2.05, 4.69) is 36.4 Å². The second-order valence-corrected chi connectivity index (χ2v) is 8.57. The lowest BCUT2D eigenvalue weighted by molar-refractivity contribution is 0.0942. The molecule has 6 N–H and O–H groups in total. The van der Waals surface area contributed by atoms with Crippen molar-refractivity contribution in [2.75, 3.05) is 24.1 Å². The highest BCUT2D eigenvalue weighted by Gasteiger charge is 2.16. The Balaban J connectivity index is 1.34. The van der Waals surface area contributed by atoms with Gasteiger partial charge < -0.3 is 31.5 Å². The van der Waals surface area contributed by atoms with Gasteiger partial charge in [-0.1, -0.05) is 47.6 Å². The highest BCUT2D eigenvalue weighted by atomic mass is 16.5. The van der Waals surface area contributed by atoms with E-state index in [0.717, 1.165) is 5.56 Å². The van der Waals surface area contributed by atoms with Gasteiger partial charge in [-0.3, -0.25) is 9.59 Å². The monoisotopic (exact) mass is 528 g/mol. The summed E-state index contributed by atoms with van der Waals surface area (Å²) in [5, 5.41) is 14.6. The van der Waals surface area contributed by atoms with E-state index in [1.807, 2.05) is 30.3 Å². The van der Waals surface area contributed by atoms with E-state index in [1.54, 1.807) is 38.1 Å². The van der Waals surface area contributed by atoms with E-state index >= 15 is 0 Å². The first-order valence-electron chi connectivity index (χ1n) is 12.1. The number of hydrogen-bond donors (Lipinski definition) is 5. The normalized spacial score (nSPS) is 10.5. The molecule has 200 valence electrons. The molecule has 0 radical (unpaired) electrons. The average molecular weight is 529 g/mol. The minimum Gasteiger partial charge on any atom is -0.382 e. The van der Waals surface area contributed by atoms with Gasteiger partial charge in [-0.25, -0.2) is 14.8 Å². The largest absolute Gasteiger partial charge is 0.382 e. The Hall–Kier alpha value is -5.26. The Morgan fingerprint density at radius 1 is 0.923 bits per heavy atom. The first-order chi connectivity index (χ1) is 18.8. The van der Waals surface area contributed by atoms with Crippen molar-refractivity contribution in [1.29, 1.82) is 0 Å². The number of benzene rings is 2. The molecule has 0 aliphatic rings. The van der Waals surface area contributed by atoms with Gasteiger partial charge in [-0.2, -0.15) is 0 Å². The Morgan fingerprint density at radius 3 is 2.44 bits per heavy atom. The van der Waals surface area contributed by atoms with E-state index in [4.69, 9.17) is 10.3 Å². The molecule has 2 aromatic heterocycles. The number of anilines is 2. The summed E-state index contributed by atoms with van der Waals surface area (Å²) in [6, 6.07) is 16.0. The quantitative estimate of drug-likeness (QED) is 0.206. The zero-order valence-electron chi connectivity index (χ0n) is 21.4. The lowest BCUT2D eigenvalue weighted by Gasteiger charge is -2.10. The van der Waals surface area contributed by atoms with Crippen molar-refractivity contribution in [1.82, 2.24) is 31.1 Å². The molecule has 4 aromatic rings. The minimum atomic E-state index is -0.549. The Labute approximate surface area is 224 Å². The zero-order valence-corrected chi connectivity index (χ0v) is 21.4. The van der Waals surface area contributed by atoms with Crippen LogP contribution in [0.2, 0.25) is 0 Å². The van der Waals surface area contributed by atoms with Gasteiger partial charge >= 0.3 is 6.03 Å². The number of nitrogens with one attached hydrogen (secondary N) is 4. The molecule has 0 saturated carbocycles. The predicted molar refractivity (Wildman–Crippen MR) is 145 cm³/mol. The maximum absolute atomic E-state index is 12.7. The smallest absolute Gasteiger partial charge is 0.319 e. The SMILES string of the molecule is Cc1noc(C)c1NC(=O)NCCNC(=O)c1nc(-c2cccc(C(=O)NCc3ccccc3)c2)cnc1N. The summed E-state index contributed by atoms with van der Waals surface area (Å²) < 4.78 is 5.01. The molecule has 4 rings (SSSR count). The first-order valence-corrected chi connectivity index (χ1v) is 12.1. The van der Waals surface area contributed by atoms with Crippen molar-refractivity contribution < 1.29 is 18.9 Å². The lowest BCUT2D eigenvalue weighted by Crippen LogP contribution is -2.37.